The first-order valence-corrected chi connectivity index (χ1v) is 8.86. The zero-order valence-corrected chi connectivity index (χ0v) is 15.1. The van der Waals surface area contributed by atoms with Gasteiger partial charge in [-0.1, -0.05) is 17.7 Å². The highest BCUT2D eigenvalue weighted by Crippen LogP contribution is 2.11. The third-order valence-corrected chi connectivity index (χ3v) is 4.25. The van der Waals surface area contributed by atoms with Crippen LogP contribution in [0.25, 0.3) is 0 Å². The summed E-state index contributed by atoms with van der Waals surface area (Å²) in [7, 11) is 0. The van der Waals surface area contributed by atoms with Crippen LogP contribution in [-0.2, 0) is 16.1 Å². The molecule has 0 bridgehead atoms. The Morgan fingerprint density at radius 2 is 2.00 bits per heavy atom. The number of nitrogens with one attached hydrogen (secondary N) is 2. The molecule has 1 atom stereocenters. The summed E-state index contributed by atoms with van der Waals surface area (Å²) in [5, 5.41) is 9.45. The maximum Gasteiger partial charge on any atom is 0.276 e. The van der Waals surface area contributed by atoms with Gasteiger partial charge in [0.2, 0.25) is 5.91 Å². The molecule has 1 aromatic carbocycles. The van der Waals surface area contributed by atoms with Crippen LogP contribution < -0.4 is 16.2 Å². The number of ether oxygens (including phenoxy) is 1. The van der Waals surface area contributed by atoms with Gasteiger partial charge in [0.05, 0.1) is 6.10 Å². The van der Waals surface area contributed by atoms with Crippen molar-refractivity contribution < 1.29 is 14.3 Å². The lowest BCUT2D eigenvalue weighted by molar-refractivity contribution is -0.122. The second kappa shape index (κ2) is 8.59. The van der Waals surface area contributed by atoms with Crippen molar-refractivity contribution in [2.24, 2.45) is 0 Å². The second-order valence-electron chi connectivity index (χ2n) is 6.47. The van der Waals surface area contributed by atoms with Crippen molar-refractivity contribution >= 4 is 17.5 Å². The lowest BCUT2D eigenvalue weighted by Gasteiger charge is -2.11. The number of aromatic nitrogens is 2. The van der Waals surface area contributed by atoms with Gasteiger partial charge in [-0.2, -0.15) is 5.10 Å². The summed E-state index contributed by atoms with van der Waals surface area (Å²) in [6.45, 7) is 2.81. The minimum absolute atomic E-state index is 0.0188. The fourth-order valence-corrected chi connectivity index (χ4v) is 2.74. The monoisotopic (exact) mass is 370 g/mol. The summed E-state index contributed by atoms with van der Waals surface area (Å²) < 4.78 is 6.42. The van der Waals surface area contributed by atoms with E-state index in [-0.39, 0.29) is 24.2 Å². The number of carbonyl (C=O) groups excluding carboxylic acids is 2. The molecule has 142 valence electrons. The Balaban J connectivity index is 1.62. The molecule has 0 spiro atoms. The maximum atomic E-state index is 12.3. The molecule has 1 aliphatic heterocycles. The first-order chi connectivity index (χ1) is 13.0. The van der Waals surface area contributed by atoms with E-state index < -0.39 is 11.5 Å². The van der Waals surface area contributed by atoms with Crippen LogP contribution in [0.2, 0.25) is 0 Å². The van der Waals surface area contributed by atoms with Gasteiger partial charge in [-0.05, 0) is 38.0 Å². The Morgan fingerprint density at radius 3 is 2.70 bits per heavy atom. The number of amides is 2. The third kappa shape index (κ3) is 5.24. The standard InChI is InChI=1S/C19H22N4O4/c1-13-4-6-14(7-5-13)21-19(26)16-8-9-18(25)23(22-16)12-17(24)20-11-15-3-2-10-27-15/h4-9,15H,2-3,10-12H2,1H3,(H,20,24)(H,21,26)/t15-/m1/s1. The van der Waals surface area contributed by atoms with E-state index in [1.54, 1.807) is 12.1 Å². The predicted octanol–water partition coefficient (Wildman–Crippen LogP) is 1.10. The van der Waals surface area contributed by atoms with Gasteiger partial charge in [-0.25, -0.2) is 4.68 Å². The Hall–Kier alpha value is -3.00. The number of hydrogen-bond acceptors (Lipinski definition) is 5. The molecule has 1 aromatic heterocycles. The van der Waals surface area contributed by atoms with Crippen molar-refractivity contribution in [3.05, 3.63) is 58.0 Å². The lowest BCUT2D eigenvalue weighted by atomic mass is 10.2. The molecule has 3 rings (SSSR count). The van der Waals surface area contributed by atoms with Gasteiger partial charge in [0.1, 0.15) is 12.2 Å². The molecule has 27 heavy (non-hydrogen) atoms. The van der Waals surface area contributed by atoms with Gasteiger partial charge in [-0.15, -0.1) is 0 Å². The van der Waals surface area contributed by atoms with E-state index in [2.05, 4.69) is 15.7 Å². The number of aryl methyl sites for hydroxylation is 1. The fourth-order valence-electron chi connectivity index (χ4n) is 2.74. The van der Waals surface area contributed by atoms with Crippen LogP contribution in [0, 0.1) is 6.92 Å². The summed E-state index contributed by atoms with van der Waals surface area (Å²) in [5.41, 5.74) is 1.31. The molecule has 1 fully saturated rings. The van der Waals surface area contributed by atoms with Crippen LogP contribution in [0.1, 0.15) is 28.9 Å². The largest absolute Gasteiger partial charge is 0.376 e. The molecule has 2 amide bonds. The van der Waals surface area contributed by atoms with Gasteiger partial charge in [0.15, 0.2) is 0 Å². The number of anilines is 1. The fraction of sp³-hybridized carbons (Fsp3) is 0.368. The van der Waals surface area contributed by atoms with Crippen LogP contribution >= 0.6 is 0 Å². The summed E-state index contributed by atoms with van der Waals surface area (Å²) in [5.74, 6) is -0.802. The van der Waals surface area contributed by atoms with E-state index in [1.165, 1.54) is 12.1 Å². The minimum atomic E-state index is -0.452. The second-order valence-corrected chi connectivity index (χ2v) is 6.47. The van der Waals surface area contributed by atoms with Crippen LogP contribution in [0.4, 0.5) is 5.69 Å². The Morgan fingerprint density at radius 1 is 1.22 bits per heavy atom. The van der Waals surface area contributed by atoms with Crippen molar-refractivity contribution in [2.45, 2.75) is 32.4 Å². The molecule has 8 nitrogen and oxygen atoms in total. The average Bonchev–Trinajstić information content (AvgIpc) is 3.17. The van der Waals surface area contributed by atoms with E-state index in [4.69, 9.17) is 4.74 Å². The number of benzene rings is 1. The van der Waals surface area contributed by atoms with Crippen LogP contribution in [0.5, 0.6) is 0 Å². The summed E-state index contributed by atoms with van der Waals surface area (Å²) in [6, 6.07) is 9.88. The van der Waals surface area contributed by atoms with Crippen molar-refractivity contribution in [1.29, 1.82) is 0 Å². The van der Waals surface area contributed by atoms with Crippen molar-refractivity contribution in [3.63, 3.8) is 0 Å². The summed E-state index contributed by atoms with van der Waals surface area (Å²) in [4.78, 5) is 36.4. The van der Waals surface area contributed by atoms with Gasteiger partial charge in [0, 0.05) is 24.9 Å². The normalized spacial score (nSPS) is 16.1. The predicted molar refractivity (Wildman–Crippen MR) is 99.6 cm³/mol. The Labute approximate surface area is 156 Å². The third-order valence-electron chi connectivity index (χ3n) is 4.25. The molecular formula is C19H22N4O4. The Bertz CT molecular complexity index is 870. The molecular weight excluding hydrogens is 348 g/mol. The number of carbonyl (C=O) groups is 2. The summed E-state index contributed by atoms with van der Waals surface area (Å²) in [6.07, 6.45) is 1.91. The molecule has 0 unspecified atom stereocenters. The SMILES string of the molecule is Cc1ccc(NC(=O)c2ccc(=O)n(CC(=O)NC[C@H]3CCCO3)n2)cc1. The molecule has 8 heteroatoms. The number of hydrogen-bond donors (Lipinski definition) is 2. The van der Waals surface area contributed by atoms with Gasteiger partial charge in [0.25, 0.3) is 11.5 Å². The van der Waals surface area contributed by atoms with Crippen molar-refractivity contribution in [3.8, 4) is 0 Å². The van der Waals surface area contributed by atoms with Crippen LogP contribution in [0.3, 0.4) is 0 Å². The van der Waals surface area contributed by atoms with Gasteiger partial charge >= 0.3 is 0 Å². The zero-order valence-electron chi connectivity index (χ0n) is 15.1. The molecule has 0 saturated carbocycles. The van der Waals surface area contributed by atoms with Crippen LogP contribution in [0.15, 0.2) is 41.2 Å². The Kier molecular flexibility index (Phi) is 5.97. The minimum Gasteiger partial charge on any atom is -0.376 e. The summed E-state index contributed by atoms with van der Waals surface area (Å²) >= 11 is 0. The molecule has 2 N–H and O–H groups in total. The number of nitrogens with zero attached hydrogens (tertiary/aromatic N) is 2. The first-order valence-electron chi connectivity index (χ1n) is 8.86. The highest BCUT2D eigenvalue weighted by atomic mass is 16.5. The number of rotatable bonds is 6. The van der Waals surface area contributed by atoms with E-state index in [9.17, 15) is 14.4 Å². The first kappa shape index (κ1) is 18.8. The highest BCUT2D eigenvalue weighted by Gasteiger charge is 2.17. The van der Waals surface area contributed by atoms with Crippen molar-refractivity contribution in [1.82, 2.24) is 15.1 Å². The molecule has 0 radical (unpaired) electrons. The lowest BCUT2D eigenvalue weighted by Crippen LogP contribution is -2.37. The molecule has 0 aliphatic carbocycles. The highest BCUT2D eigenvalue weighted by molar-refractivity contribution is 6.02. The molecule has 2 heterocycles. The van der Waals surface area contributed by atoms with Crippen LogP contribution in [-0.4, -0.2) is 40.9 Å². The van der Waals surface area contributed by atoms with E-state index in [0.29, 0.717) is 18.8 Å². The van der Waals surface area contributed by atoms with E-state index in [1.807, 2.05) is 19.1 Å². The van der Waals surface area contributed by atoms with Crippen molar-refractivity contribution in [2.75, 3.05) is 18.5 Å². The molecule has 2 aromatic rings. The van der Waals surface area contributed by atoms with E-state index in [0.717, 1.165) is 23.1 Å². The maximum absolute atomic E-state index is 12.3. The smallest absolute Gasteiger partial charge is 0.276 e. The quantitative estimate of drug-likeness (QED) is 0.793. The average molecular weight is 370 g/mol. The van der Waals surface area contributed by atoms with E-state index >= 15 is 0 Å². The molecule has 1 saturated heterocycles. The molecule has 1 aliphatic rings. The van der Waals surface area contributed by atoms with Gasteiger partial charge < -0.3 is 15.4 Å². The van der Waals surface area contributed by atoms with Gasteiger partial charge in [-0.3, -0.25) is 14.4 Å². The topological polar surface area (TPSA) is 102 Å². The zero-order chi connectivity index (χ0) is 19.2.